The highest BCUT2D eigenvalue weighted by Gasteiger charge is 2.31. The summed E-state index contributed by atoms with van der Waals surface area (Å²) in [5.41, 5.74) is 0.208. The Morgan fingerprint density at radius 3 is 2.11 bits per heavy atom. The van der Waals surface area contributed by atoms with E-state index in [4.69, 9.17) is 4.74 Å². The van der Waals surface area contributed by atoms with E-state index in [9.17, 15) is 34.8 Å². The molecule has 3 N–H and O–H groups in total. The Morgan fingerprint density at radius 1 is 0.889 bits per heavy atom. The van der Waals surface area contributed by atoms with Gasteiger partial charge >= 0.3 is 12.5 Å². The maximum atomic E-state index is 12.6. The minimum atomic E-state index is -4.84. The van der Waals surface area contributed by atoms with Gasteiger partial charge in [-0.05, 0) is 49.5 Å². The molecule has 1 heterocycles. The molecule has 194 valence electrons. The van der Waals surface area contributed by atoms with Gasteiger partial charge in [-0.3, -0.25) is 0 Å². The van der Waals surface area contributed by atoms with Crippen molar-refractivity contribution in [2.45, 2.75) is 17.4 Å². The lowest BCUT2D eigenvalue weighted by Gasteiger charge is -2.16. The summed E-state index contributed by atoms with van der Waals surface area (Å²) in [6, 6.07) is 9.27. The number of alkyl halides is 6. The molecule has 0 aliphatic carbocycles. The summed E-state index contributed by atoms with van der Waals surface area (Å²) < 4.78 is 110. The Balaban J connectivity index is 1.83. The molecule has 0 saturated heterocycles. The van der Waals surface area contributed by atoms with Crippen LogP contribution in [0.4, 0.5) is 49.4 Å². The second-order valence-corrected chi connectivity index (χ2v) is 8.77. The zero-order valence-electron chi connectivity index (χ0n) is 18.1. The molecule has 9 nitrogen and oxygen atoms in total. The fraction of sp³-hybridized carbons (Fsp3) is 0.200. The van der Waals surface area contributed by atoms with Crippen LogP contribution < -0.4 is 24.8 Å². The summed E-state index contributed by atoms with van der Waals surface area (Å²) in [4.78, 5) is 7.65. The third-order valence-electron chi connectivity index (χ3n) is 4.21. The lowest BCUT2D eigenvalue weighted by molar-refractivity contribution is -0.274. The van der Waals surface area contributed by atoms with E-state index in [1.165, 1.54) is 25.2 Å². The van der Waals surface area contributed by atoms with Crippen LogP contribution in [-0.4, -0.2) is 44.6 Å². The van der Waals surface area contributed by atoms with Gasteiger partial charge in [0.05, 0.1) is 10.6 Å². The first-order valence-corrected chi connectivity index (χ1v) is 11.2. The number of hydrogen-bond acceptors (Lipinski definition) is 8. The van der Waals surface area contributed by atoms with E-state index in [1.807, 2.05) is 0 Å². The van der Waals surface area contributed by atoms with Crippen molar-refractivity contribution in [1.29, 1.82) is 0 Å². The molecule has 0 unspecified atom stereocenters. The average molecular weight is 537 g/mol. The summed E-state index contributed by atoms with van der Waals surface area (Å²) in [6.45, 7) is -1.62. The highest BCUT2D eigenvalue weighted by Crippen LogP contribution is 2.32. The van der Waals surface area contributed by atoms with Gasteiger partial charge in [0, 0.05) is 11.8 Å². The number of rotatable bonds is 9. The van der Waals surface area contributed by atoms with Gasteiger partial charge in [-0.2, -0.15) is 13.2 Å². The molecule has 0 spiro atoms. The monoisotopic (exact) mass is 537 g/mol. The Labute approximate surface area is 200 Å². The van der Waals surface area contributed by atoms with E-state index in [0.717, 1.165) is 36.7 Å². The lowest BCUT2D eigenvalue weighted by atomic mass is 10.3. The van der Waals surface area contributed by atoms with Crippen molar-refractivity contribution in [2.75, 3.05) is 24.3 Å². The van der Waals surface area contributed by atoms with Crippen LogP contribution in [0.1, 0.15) is 0 Å². The van der Waals surface area contributed by atoms with Gasteiger partial charge in [-0.25, -0.2) is 23.1 Å². The van der Waals surface area contributed by atoms with Crippen LogP contribution in [0.5, 0.6) is 11.5 Å². The average Bonchev–Trinajstić information content (AvgIpc) is 2.78. The minimum absolute atomic E-state index is 0.0420. The Hall–Kier alpha value is -3.79. The summed E-state index contributed by atoms with van der Waals surface area (Å²) >= 11 is 0. The number of nitrogens with zero attached hydrogens (tertiary/aromatic N) is 2. The van der Waals surface area contributed by atoms with Gasteiger partial charge in [0.15, 0.2) is 6.61 Å². The highest BCUT2D eigenvalue weighted by molar-refractivity contribution is 7.89. The summed E-state index contributed by atoms with van der Waals surface area (Å²) in [5.74, 6) is -0.522. The largest absolute Gasteiger partial charge is 0.573 e. The van der Waals surface area contributed by atoms with E-state index in [1.54, 1.807) is 0 Å². The lowest BCUT2D eigenvalue weighted by Crippen LogP contribution is -2.20. The van der Waals surface area contributed by atoms with E-state index in [0.29, 0.717) is 5.69 Å². The third-order valence-corrected chi connectivity index (χ3v) is 5.62. The van der Waals surface area contributed by atoms with Crippen LogP contribution in [0, 0.1) is 0 Å². The first-order valence-electron chi connectivity index (χ1n) is 9.73. The molecule has 0 amide bonds. The van der Waals surface area contributed by atoms with Crippen LogP contribution in [0.15, 0.2) is 59.8 Å². The zero-order valence-corrected chi connectivity index (χ0v) is 18.9. The van der Waals surface area contributed by atoms with E-state index in [2.05, 4.69) is 30.1 Å². The maximum absolute atomic E-state index is 12.6. The van der Waals surface area contributed by atoms with Crippen molar-refractivity contribution in [3.63, 3.8) is 0 Å². The molecular weight excluding hydrogens is 520 g/mol. The van der Waals surface area contributed by atoms with E-state index in [-0.39, 0.29) is 28.0 Å². The Morgan fingerprint density at radius 2 is 1.53 bits per heavy atom. The quantitative estimate of drug-likeness (QED) is 0.337. The molecule has 0 aliphatic heterocycles. The summed E-state index contributed by atoms with van der Waals surface area (Å²) in [7, 11) is -2.76. The number of benzene rings is 2. The molecule has 0 atom stereocenters. The fourth-order valence-electron chi connectivity index (χ4n) is 2.70. The zero-order chi connectivity index (χ0) is 26.6. The van der Waals surface area contributed by atoms with Gasteiger partial charge in [0.2, 0.25) is 10.0 Å². The predicted molar refractivity (Wildman–Crippen MR) is 116 cm³/mol. The molecule has 0 bridgehead atoms. The molecule has 3 rings (SSSR count). The van der Waals surface area contributed by atoms with Gasteiger partial charge in [0.25, 0.3) is 0 Å². The van der Waals surface area contributed by atoms with Crippen LogP contribution in [0.25, 0.3) is 0 Å². The van der Waals surface area contributed by atoms with Crippen LogP contribution in [0.2, 0.25) is 0 Å². The normalized spacial score (nSPS) is 12.2. The van der Waals surface area contributed by atoms with Crippen LogP contribution in [0.3, 0.4) is 0 Å². The number of aromatic nitrogens is 2. The molecule has 0 aliphatic rings. The summed E-state index contributed by atoms with van der Waals surface area (Å²) in [5, 5.41) is 5.50. The van der Waals surface area contributed by atoms with Gasteiger partial charge in [-0.1, -0.05) is 0 Å². The fourth-order valence-corrected chi connectivity index (χ4v) is 3.45. The standard InChI is InChI=1S/C20H17F6N5O4S/c1-27-36(32,33)14-6-7-16(34-10-19(21,22)23)15(8-14)31-18-9-17(28-11-29-18)30-12-2-4-13(5-3-12)35-20(24,25)26/h2-9,11,27H,10H2,1H3,(H2,28,29,30,31). The number of ether oxygens (including phenoxy) is 2. The van der Waals surface area contributed by atoms with Crippen molar-refractivity contribution in [3.8, 4) is 11.5 Å². The Bertz CT molecular complexity index is 1300. The molecule has 16 heteroatoms. The number of anilines is 4. The molecule has 0 radical (unpaired) electrons. The topological polar surface area (TPSA) is 114 Å². The van der Waals surface area contributed by atoms with Crippen LogP contribution in [-0.2, 0) is 10.0 Å². The van der Waals surface area contributed by atoms with Gasteiger partial charge in [-0.15, -0.1) is 13.2 Å². The maximum Gasteiger partial charge on any atom is 0.573 e. The first-order chi connectivity index (χ1) is 16.7. The minimum Gasteiger partial charge on any atom is -0.482 e. The molecule has 3 aromatic rings. The van der Waals surface area contributed by atoms with E-state index >= 15 is 0 Å². The highest BCUT2D eigenvalue weighted by atomic mass is 32.2. The van der Waals surface area contributed by atoms with Gasteiger partial charge < -0.3 is 20.1 Å². The van der Waals surface area contributed by atoms with E-state index < -0.39 is 34.9 Å². The van der Waals surface area contributed by atoms with Crippen molar-refractivity contribution in [1.82, 2.24) is 14.7 Å². The van der Waals surface area contributed by atoms with Gasteiger partial charge in [0.1, 0.15) is 29.5 Å². The molecular formula is C20H17F6N5O4S. The molecule has 36 heavy (non-hydrogen) atoms. The van der Waals surface area contributed by atoms with Crippen molar-refractivity contribution in [2.24, 2.45) is 0 Å². The second-order valence-electron chi connectivity index (χ2n) is 6.88. The third kappa shape index (κ3) is 7.88. The summed E-state index contributed by atoms with van der Waals surface area (Å²) in [6.07, 6.45) is -8.38. The molecule has 0 saturated carbocycles. The predicted octanol–water partition coefficient (Wildman–Crippen LogP) is 4.71. The van der Waals surface area contributed by atoms with Crippen molar-refractivity contribution >= 4 is 33.0 Å². The number of halogens is 6. The molecule has 1 aromatic heterocycles. The molecule has 0 fully saturated rings. The van der Waals surface area contributed by atoms with Crippen LogP contribution >= 0.6 is 0 Å². The number of nitrogens with one attached hydrogen (secondary N) is 3. The number of sulfonamides is 1. The molecule has 2 aromatic carbocycles. The number of hydrogen-bond donors (Lipinski definition) is 3. The first kappa shape index (κ1) is 26.8. The second kappa shape index (κ2) is 10.4. The van der Waals surface area contributed by atoms with Crippen molar-refractivity contribution < 1.29 is 44.2 Å². The SMILES string of the molecule is CNS(=O)(=O)c1ccc(OCC(F)(F)F)c(Nc2cc(Nc3ccc(OC(F)(F)F)cc3)ncn2)c1. The Kier molecular flexibility index (Phi) is 7.78. The van der Waals surface area contributed by atoms with Crippen molar-refractivity contribution in [3.05, 3.63) is 54.9 Å². The smallest absolute Gasteiger partial charge is 0.482 e.